The number of hydrogen-bond donors (Lipinski definition) is 1. The van der Waals surface area contributed by atoms with E-state index in [0.717, 1.165) is 13.0 Å². The predicted molar refractivity (Wildman–Crippen MR) is 53.5 cm³/mol. The van der Waals surface area contributed by atoms with Gasteiger partial charge in [0.25, 0.3) is 5.69 Å². The molecule has 1 N–H and O–H groups in total. The maximum absolute atomic E-state index is 10.7. The van der Waals surface area contributed by atoms with Crippen molar-refractivity contribution in [3.8, 4) is 0 Å². The molecule has 74 valence electrons. The summed E-state index contributed by atoms with van der Waals surface area (Å²) >= 11 is 5.80. The van der Waals surface area contributed by atoms with Gasteiger partial charge in [0.15, 0.2) is 0 Å². The van der Waals surface area contributed by atoms with E-state index in [1.54, 1.807) is 12.1 Å². The van der Waals surface area contributed by atoms with Gasteiger partial charge >= 0.3 is 0 Å². The van der Waals surface area contributed by atoms with Crippen LogP contribution < -0.4 is 5.32 Å². The molecule has 1 fully saturated rings. The number of rotatable bonds is 2. The monoisotopic (exact) mass is 212 g/mol. The summed E-state index contributed by atoms with van der Waals surface area (Å²) < 4.78 is 0. The standard InChI is InChI=1S/C9H9ClN2O2/c10-6-1-2-9(12(13)14)7(5-6)8-3-4-11-8/h1-2,5,8,11H,3-4H2. The van der Waals surface area contributed by atoms with Gasteiger partial charge in [-0.3, -0.25) is 10.1 Å². The second-order valence-electron chi connectivity index (χ2n) is 3.26. The highest BCUT2D eigenvalue weighted by Crippen LogP contribution is 2.32. The zero-order chi connectivity index (χ0) is 10.1. The van der Waals surface area contributed by atoms with E-state index >= 15 is 0 Å². The van der Waals surface area contributed by atoms with Crippen molar-refractivity contribution in [2.24, 2.45) is 0 Å². The molecular weight excluding hydrogens is 204 g/mol. The lowest BCUT2D eigenvalue weighted by atomic mass is 9.96. The number of nitro benzene ring substituents is 1. The number of nitrogens with one attached hydrogen (secondary N) is 1. The smallest absolute Gasteiger partial charge is 0.274 e. The van der Waals surface area contributed by atoms with Crippen LogP contribution in [0.15, 0.2) is 18.2 Å². The summed E-state index contributed by atoms with van der Waals surface area (Å²) in [5.41, 5.74) is 0.834. The van der Waals surface area contributed by atoms with Crippen LogP contribution in [0.2, 0.25) is 5.02 Å². The molecule has 1 aromatic carbocycles. The van der Waals surface area contributed by atoms with Crippen LogP contribution >= 0.6 is 11.6 Å². The number of nitro groups is 1. The van der Waals surface area contributed by atoms with Crippen LogP contribution in [-0.2, 0) is 0 Å². The molecule has 1 aliphatic rings. The van der Waals surface area contributed by atoms with Crippen LogP contribution in [0.25, 0.3) is 0 Å². The Balaban J connectivity index is 2.42. The molecule has 1 heterocycles. The van der Waals surface area contributed by atoms with Crippen LogP contribution in [0, 0.1) is 10.1 Å². The lowest BCUT2D eigenvalue weighted by molar-refractivity contribution is -0.385. The van der Waals surface area contributed by atoms with Crippen molar-refractivity contribution in [1.29, 1.82) is 0 Å². The molecule has 0 aliphatic carbocycles. The SMILES string of the molecule is O=[N+]([O-])c1ccc(Cl)cc1C1CCN1. The molecule has 0 bridgehead atoms. The van der Waals surface area contributed by atoms with E-state index in [1.165, 1.54) is 6.07 Å². The second kappa shape index (κ2) is 3.55. The van der Waals surface area contributed by atoms with E-state index in [2.05, 4.69) is 5.32 Å². The van der Waals surface area contributed by atoms with Gasteiger partial charge in [0.2, 0.25) is 0 Å². The predicted octanol–water partition coefficient (Wildman–Crippen LogP) is 2.28. The molecule has 0 amide bonds. The molecule has 1 unspecified atom stereocenters. The number of benzene rings is 1. The first-order valence-electron chi connectivity index (χ1n) is 4.35. The van der Waals surface area contributed by atoms with E-state index in [1.807, 2.05) is 0 Å². The van der Waals surface area contributed by atoms with Crippen LogP contribution in [0.5, 0.6) is 0 Å². The van der Waals surface area contributed by atoms with Crippen molar-refractivity contribution >= 4 is 17.3 Å². The van der Waals surface area contributed by atoms with E-state index in [9.17, 15) is 10.1 Å². The molecule has 0 radical (unpaired) electrons. The van der Waals surface area contributed by atoms with Gasteiger partial charge in [-0.15, -0.1) is 0 Å². The summed E-state index contributed by atoms with van der Waals surface area (Å²) in [6, 6.07) is 4.75. The number of halogens is 1. The molecule has 5 heteroatoms. The molecular formula is C9H9ClN2O2. The summed E-state index contributed by atoms with van der Waals surface area (Å²) in [4.78, 5) is 10.3. The highest BCUT2D eigenvalue weighted by Gasteiger charge is 2.26. The summed E-state index contributed by atoms with van der Waals surface area (Å²) in [5.74, 6) is 0. The topological polar surface area (TPSA) is 55.2 Å². The maximum atomic E-state index is 10.7. The van der Waals surface area contributed by atoms with Crippen LogP contribution in [-0.4, -0.2) is 11.5 Å². The first-order chi connectivity index (χ1) is 6.68. The Hall–Kier alpha value is -1.13. The van der Waals surface area contributed by atoms with Crippen molar-refractivity contribution in [2.75, 3.05) is 6.54 Å². The maximum Gasteiger partial charge on any atom is 0.274 e. The number of nitrogens with zero attached hydrogens (tertiary/aromatic N) is 1. The van der Waals surface area contributed by atoms with Gasteiger partial charge in [0, 0.05) is 22.7 Å². The van der Waals surface area contributed by atoms with Crippen molar-refractivity contribution in [3.05, 3.63) is 38.9 Å². The van der Waals surface area contributed by atoms with E-state index in [-0.39, 0.29) is 16.7 Å². The third-order valence-corrected chi connectivity index (χ3v) is 2.62. The Labute approximate surface area is 86.0 Å². The minimum Gasteiger partial charge on any atom is -0.310 e. The van der Waals surface area contributed by atoms with E-state index in [4.69, 9.17) is 11.6 Å². The van der Waals surface area contributed by atoms with Gasteiger partial charge in [-0.1, -0.05) is 11.6 Å². The average molecular weight is 213 g/mol. The Bertz CT molecular complexity index is 377. The normalized spacial score (nSPS) is 20.2. The molecule has 2 rings (SSSR count). The minimum absolute atomic E-state index is 0.0918. The molecule has 4 nitrogen and oxygen atoms in total. The Kier molecular flexibility index (Phi) is 2.39. The van der Waals surface area contributed by atoms with Crippen molar-refractivity contribution in [2.45, 2.75) is 12.5 Å². The van der Waals surface area contributed by atoms with Crippen molar-refractivity contribution in [3.63, 3.8) is 0 Å². The van der Waals surface area contributed by atoms with Crippen molar-refractivity contribution in [1.82, 2.24) is 5.32 Å². The lowest BCUT2D eigenvalue weighted by Gasteiger charge is -2.27. The van der Waals surface area contributed by atoms with Gasteiger partial charge in [-0.2, -0.15) is 0 Å². The van der Waals surface area contributed by atoms with E-state index in [0.29, 0.717) is 10.6 Å². The fourth-order valence-electron chi connectivity index (χ4n) is 1.52. The second-order valence-corrected chi connectivity index (χ2v) is 3.69. The highest BCUT2D eigenvalue weighted by atomic mass is 35.5. The largest absolute Gasteiger partial charge is 0.310 e. The van der Waals surface area contributed by atoms with Gasteiger partial charge in [0.05, 0.1) is 4.92 Å². The molecule has 1 atom stereocenters. The Morgan fingerprint density at radius 3 is 2.79 bits per heavy atom. The lowest BCUT2D eigenvalue weighted by Crippen LogP contribution is -2.35. The highest BCUT2D eigenvalue weighted by molar-refractivity contribution is 6.30. The van der Waals surface area contributed by atoms with Crippen LogP contribution in [0.4, 0.5) is 5.69 Å². The molecule has 0 spiro atoms. The molecule has 0 aromatic heterocycles. The van der Waals surface area contributed by atoms with Crippen LogP contribution in [0.1, 0.15) is 18.0 Å². The van der Waals surface area contributed by atoms with Crippen LogP contribution in [0.3, 0.4) is 0 Å². The zero-order valence-corrected chi connectivity index (χ0v) is 8.12. The van der Waals surface area contributed by atoms with Gasteiger partial charge < -0.3 is 5.32 Å². The van der Waals surface area contributed by atoms with Crippen molar-refractivity contribution < 1.29 is 4.92 Å². The van der Waals surface area contributed by atoms with Gasteiger partial charge in [-0.25, -0.2) is 0 Å². The fourth-order valence-corrected chi connectivity index (χ4v) is 1.71. The molecule has 0 saturated carbocycles. The quantitative estimate of drug-likeness (QED) is 0.605. The van der Waals surface area contributed by atoms with Gasteiger partial charge in [0.1, 0.15) is 0 Å². The molecule has 1 aromatic rings. The third-order valence-electron chi connectivity index (χ3n) is 2.39. The third kappa shape index (κ3) is 1.58. The summed E-state index contributed by atoms with van der Waals surface area (Å²) in [5, 5.41) is 14.4. The number of hydrogen-bond acceptors (Lipinski definition) is 3. The average Bonchev–Trinajstić information content (AvgIpc) is 2.00. The Morgan fingerprint density at radius 1 is 1.57 bits per heavy atom. The zero-order valence-electron chi connectivity index (χ0n) is 7.37. The summed E-state index contributed by atoms with van der Waals surface area (Å²) in [7, 11) is 0. The minimum atomic E-state index is -0.369. The molecule has 1 saturated heterocycles. The van der Waals surface area contributed by atoms with E-state index < -0.39 is 0 Å². The van der Waals surface area contributed by atoms with Gasteiger partial charge in [-0.05, 0) is 25.1 Å². The summed E-state index contributed by atoms with van der Waals surface area (Å²) in [6.07, 6.45) is 0.932. The molecule has 14 heavy (non-hydrogen) atoms. The first kappa shape index (κ1) is 9.43. The Morgan fingerprint density at radius 2 is 2.29 bits per heavy atom. The summed E-state index contributed by atoms with van der Waals surface area (Å²) in [6.45, 7) is 0.911. The fraction of sp³-hybridized carbons (Fsp3) is 0.333. The molecule has 1 aliphatic heterocycles. The first-order valence-corrected chi connectivity index (χ1v) is 4.73.